The predicted molar refractivity (Wildman–Crippen MR) is 96.8 cm³/mol. The molecule has 6 nitrogen and oxygen atoms in total. The van der Waals surface area contributed by atoms with Gasteiger partial charge in [-0.3, -0.25) is 4.79 Å². The second-order valence-corrected chi connectivity index (χ2v) is 8.03. The summed E-state index contributed by atoms with van der Waals surface area (Å²) in [5.41, 5.74) is 1.57. The Morgan fingerprint density at radius 1 is 1.38 bits per heavy atom. The molecular weight excluding hydrogens is 326 g/mol. The first-order valence-electron chi connectivity index (χ1n) is 7.74. The highest BCUT2D eigenvalue weighted by Crippen LogP contribution is 2.32. The van der Waals surface area contributed by atoms with Gasteiger partial charge in [0, 0.05) is 24.7 Å². The van der Waals surface area contributed by atoms with E-state index in [0.29, 0.717) is 5.69 Å². The van der Waals surface area contributed by atoms with Gasteiger partial charge in [-0.15, -0.1) is 11.3 Å². The van der Waals surface area contributed by atoms with E-state index in [-0.39, 0.29) is 18.0 Å². The van der Waals surface area contributed by atoms with Gasteiger partial charge in [0.1, 0.15) is 0 Å². The molecule has 2 N–H and O–H groups in total. The minimum absolute atomic E-state index is 0.0136. The number of aliphatic carboxylic acids is 1. The normalized spacial score (nSPS) is 12.9. The first-order chi connectivity index (χ1) is 11.1. The molecule has 1 aromatic carbocycles. The summed E-state index contributed by atoms with van der Waals surface area (Å²) in [6.45, 7) is 8.07. The Bertz CT molecular complexity index is 764. The monoisotopic (exact) mass is 349 g/mol. The van der Waals surface area contributed by atoms with Crippen LogP contribution in [-0.4, -0.2) is 40.6 Å². The van der Waals surface area contributed by atoms with Crippen molar-refractivity contribution in [2.24, 2.45) is 5.92 Å². The van der Waals surface area contributed by atoms with E-state index < -0.39 is 11.9 Å². The number of thiazole rings is 1. The summed E-state index contributed by atoms with van der Waals surface area (Å²) < 4.78 is 1.01. The molecule has 0 aliphatic heterocycles. The highest BCUT2D eigenvalue weighted by molar-refractivity contribution is 7.18. The molecule has 24 heavy (non-hydrogen) atoms. The van der Waals surface area contributed by atoms with Crippen LogP contribution >= 0.6 is 11.3 Å². The zero-order valence-electron chi connectivity index (χ0n) is 14.6. The lowest BCUT2D eigenvalue weighted by atomic mass is 9.98. The number of nitrogens with one attached hydrogen (secondary N) is 1. The maximum atomic E-state index is 12.2. The van der Waals surface area contributed by atoms with Gasteiger partial charge in [-0.2, -0.15) is 0 Å². The number of hydrogen-bond acceptors (Lipinski definition) is 4. The Labute approximate surface area is 145 Å². The molecule has 0 saturated carbocycles. The van der Waals surface area contributed by atoms with Gasteiger partial charge in [0.05, 0.1) is 21.1 Å². The lowest BCUT2D eigenvalue weighted by Crippen LogP contribution is -2.36. The lowest BCUT2D eigenvalue weighted by Gasteiger charge is -2.20. The number of carboxylic acids is 1. The van der Waals surface area contributed by atoms with Crippen molar-refractivity contribution in [1.82, 2.24) is 9.88 Å². The largest absolute Gasteiger partial charge is 0.481 e. The molecule has 2 aromatic rings. The number of aromatic nitrogens is 1. The first kappa shape index (κ1) is 18.2. The molecule has 0 fully saturated rings. The quantitative estimate of drug-likeness (QED) is 0.880. The van der Waals surface area contributed by atoms with Gasteiger partial charge in [0.2, 0.25) is 0 Å². The van der Waals surface area contributed by atoms with Gasteiger partial charge in [-0.25, -0.2) is 9.78 Å². The van der Waals surface area contributed by atoms with Crippen molar-refractivity contribution >= 4 is 39.2 Å². The number of carboxylic acid groups (broad SMARTS) is 1. The van der Waals surface area contributed by atoms with E-state index in [1.54, 1.807) is 31.4 Å². The molecule has 0 aliphatic carbocycles. The Balaban J connectivity index is 2.12. The van der Waals surface area contributed by atoms with Crippen molar-refractivity contribution in [3.63, 3.8) is 0 Å². The number of urea groups is 1. The van der Waals surface area contributed by atoms with Gasteiger partial charge in [0.25, 0.3) is 0 Å². The fraction of sp³-hybridized carbons (Fsp3) is 0.471. The van der Waals surface area contributed by atoms with Crippen LogP contribution in [0, 0.1) is 5.92 Å². The summed E-state index contributed by atoms with van der Waals surface area (Å²) in [4.78, 5) is 29.1. The molecule has 1 aromatic heterocycles. The van der Waals surface area contributed by atoms with E-state index in [1.165, 1.54) is 4.90 Å². The summed E-state index contributed by atoms with van der Waals surface area (Å²) in [5, 5.41) is 12.8. The number of amides is 2. The predicted octanol–water partition coefficient (Wildman–Crippen LogP) is 3.78. The van der Waals surface area contributed by atoms with Crippen LogP contribution in [0.25, 0.3) is 10.2 Å². The molecule has 2 rings (SSSR count). The van der Waals surface area contributed by atoms with Gasteiger partial charge in [-0.05, 0) is 18.2 Å². The lowest BCUT2D eigenvalue weighted by molar-refractivity contribution is -0.141. The van der Waals surface area contributed by atoms with E-state index in [2.05, 4.69) is 31.1 Å². The van der Waals surface area contributed by atoms with Crippen LogP contribution in [0.4, 0.5) is 10.5 Å². The summed E-state index contributed by atoms with van der Waals surface area (Å²) in [6, 6.07) is 5.26. The Morgan fingerprint density at radius 3 is 2.62 bits per heavy atom. The molecule has 2 amide bonds. The molecule has 0 spiro atoms. The zero-order chi connectivity index (χ0) is 18.1. The number of carbonyl (C=O) groups excluding carboxylic acids is 1. The Kier molecular flexibility index (Phi) is 5.13. The highest BCUT2D eigenvalue weighted by Gasteiger charge is 2.20. The zero-order valence-corrected chi connectivity index (χ0v) is 15.4. The van der Waals surface area contributed by atoms with Crippen molar-refractivity contribution in [3.8, 4) is 0 Å². The smallest absolute Gasteiger partial charge is 0.321 e. The third kappa shape index (κ3) is 4.23. The standard InChI is InChI=1S/C17H23N3O3S/c1-10(14(21)22)9-20(5)16(23)18-11-6-7-12-13(8-11)24-15(19-12)17(2,3)4/h6-8,10H,9H2,1-5H3,(H,18,23)(H,21,22). The number of nitrogens with zero attached hydrogens (tertiary/aromatic N) is 2. The summed E-state index contributed by atoms with van der Waals surface area (Å²) in [6.07, 6.45) is 0. The van der Waals surface area contributed by atoms with Gasteiger partial charge in [-0.1, -0.05) is 27.7 Å². The molecule has 0 bridgehead atoms. The summed E-state index contributed by atoms with van der Waals surface area (Å²) >= 11 is 1.61. The minimum atomic E-state index is -0.921. The average molecular weight is 349 g/mol. The topological polar surface area (TPSA) is 82.5 Å². The molecule has 7 heteroatoms. The minimum Gasteiger partial charge on any atom is -0.481 e. The van der Waals surface area contributed by atoms with Crippen molar-refractivity contribution in [3.05, 3.63) is 23.2 Å². The number of rotatable bonds is 4. The van der Waals surface area contributed by atoms with E-state index in [0.717, 1.165) is 15.2 Å². The summed E-state index contributed by atoms with van der Waals surface area (Å²) in [5.74, 6) is -1.53. The fourth-order valence-corrected chi connectivity index (χ4v) is 3.18. The van der Waals surface area contributed by atoms with Crippen molar-refractivity contribution in [1.29, 1.82) is 0 Å². The Hall–Kier alpha value is -2.15. The SMILES string of the molecule is CC(CN(C)C(=O)Nc1ccc2nc(C(C)(C)C)sc2c1)C(=O)O. The number of anilines is 1. The molecule has 0 aliphatic rings. The molecule has 1 heterocycles. The number of fused-ring (bicyclic) bond motifs is 1. The molecule has 1 atom stereocenters. The fourth-order valence-electron chi connectivity index (χ4n) is 2.11. The third-order valence-corrected chi connectivity index (χ3v) is 5.04. The molecule has 0 radical (unpaired) electrons. The van der Waals surface area contributed by atoms with E-state index in [9.17, 15) is 9.59 Å². The van der Waals surface area contributed by atoms with Crippen LogP contribution in [0.5, 0.6) is 0 Å². The van der Waals surface area contributed by atoms with Crippen LogP contribution in [0.3, 0.4) is 0 Å². The number of carbonyl (C=O) groups is 2. The van der Waals surface area contributed by atoms with Gasteiger partial charge in [0.15, 0.2) is 0 Å². The third-order valence-electron chi connectivity index (χ3n) is 3.60. The van der Waals surface area contributed by atoms with Crippen molar-refractivity contribution in [2.75, 3.05) is 18.9 Å². The summed E-state index contributed by atoms with van der Waals surface area (Å²) in [7, 11) is 1.58. The van der Waals surface area contributed by atoms with Crippen LogP contribution in [-0.2, 0) is 10.2 Å². The second-order valence-electron chi connectivity index (χ2n) is 7.00. The maximum absolute atomic E-state index is 12.2. The molecule has 130 valence electrons. The molecular formula is C17H23N3O3S. The van der Waals surface area contributed by atoms with Gasteiger partial charge < -0.3 is 15.3 Å². The van der Waals surface area contributed by atoms with E-state index >= 15 is 0 Å². The van der Waals surface area contributed by atoms with Gasteiger partial charge >= 0.3 is 12.0 Å². The van der Waals surface area contributed by atoms with Crippen LogP contribution in [0.2, 0.25) is 0 Å². The van der Waals surface area contributed by atoms with Crippen LogP contribution in [0.1, 0.15) is 32.7 Å². The maximum Gasteiger partial charge on any atom is 0.321 e. The van der Waals surface area contributed by atoms with Crippen LogP contribution < -0.4 is 5.32 Å². The van der Waals surface area contributed by atoms with E-state index in [4.69, 9.17) is 5.11 Å². The second kappa shape index (κ2) is 6.76. The number of benzene rings is 1. The number of hydrogen-bond donors (Lipinski definition) is 2. The van der Waals surface area contributed by atoms with Crippen molar-refractivity contribution < 1.29 is 14.7 Å². The first-order valence-corrected chi connectivity index (χ1v) is 8.55. The Morgan fingerprint density at radius 2 is 2.04 bits per heavy atom. The molecule has 1 unspecified atom stereocenters. The average Bonchev–Trinajstić information content (AvgIpc) is 2.90. The van der Waals surface area contributed by atoms with Crippen molar-refractivity contribution in [2.45, 2.75) is 33.1 Å². The molecule has 0 saturated heterocycles. The van der Waals surface area contributed by atoms with E-state index in [1.807, 2.05) is 12.1 Å². The van der Waals surface area contributed by atoms with Crippen LogP contribution in [0.15, 0.2) is 18.2 Å². The highest BCUT2D eigenvalue weighted by atomic mass is 32.1.